The van der Waals surface area contributed by atoms with E-state index in [4.69, 9.17) is 10.5 Å². The van der Waals surface area contributed by atoms with Crippen molar-refractivity contribution in [2.75, 3.05) is 0 Å². The third-order valence-corrected chi connectivity index (χ3v) is 4.00. The molecular weight excluding hydrogens is 364 g/mol. The summed E-state index contributed by atoms with van der Waals surface area (Å²) in [6.45, 7) is 2.03. The summed E-state index contributed by atoms with van der Waals surface area (Å²) in [6.07, 6.45) is 0.572. The lowest BCUT2D eigenvalue weighted by Crippen LogP contribution is -2.48. The van der Waals surface area contributed by atoms with Crippen LogP contribution in [0.15, 0.2) is 62.9 Å². The number of amides is 1. The molecule has 144 valence electrons. The highest BCUT2D eigenvalue weighted by atomic mass is 16.5. The average molecular weight is 382 g/mol. The smallest absolute Gasteiger partial charge is 0.340 e. The fourth-order valence-corrected chi connectivity index (χ4v) is 2.64. The largest absolute Gasteiger partial charge is 0.457 e. The molecule has 1 aromatic heterocycles. The minimum atomic E-state index is -0.807. The number of carbonyl (C=O) groups excluding carboxylic acids is 1. The van der Waals surface area contributed by atoms with Crippen molar-refractivity contribution in [1.29, 1.82) is 0 Å². The predicted octanol–water partition coefficient (Wildman–Crippen LogP) is 0.989. The maximum atomic E-state index is 12.5. The number of rotatable bonds is 6. The fraction of sp³-hybridized carbons (Fsp3) is 0.158. The van der Waals surface area contributed by atoms with Crippen molar-refractivity contribution >= 4 is 5.91 Å². The summed E-state index contributed by atoms with van der Waals surface area (Å²) in [5.74, 6) is 0.419. The molecule has 0 saturated heterocycles. The first-order valence-electron chi connectivity index (χ1n) is 8.55. The van der Waals surface area contributed by atoms with Crippen LogP contribution in [0.1, 0.15) is 23.7 Å². The molecule has 2 aromatic carbocycles. The molecule has 28 heavy (non-hydrogen) atoms. The number of aromatic amines is 1. The van der Waals surface area contributed by atoms with Crippen molar-refractivity contribution in [2.24, 2.45) is 5.73 Å². The Balaban J connectivity index is 1.90. The van der Waals surface area contributed by atoms with Gasteiger partial charge in [0.15, 0.2) is 0 Å². The number of hydrogen-bond donors (Lipinski definition) is 2. The summed E-state index contributed by atoms with van der Waals surface area (Å²) in [4.78, 5) is 49.6. The standard InChI is InChI=1S/C19H18N4O5/c1-2-11-22-17(25)21-18(26)23(19(22)27)13-5-9-15(10-6-13)28-14-7-3-12(4-8-14)16(20)24/h3-10H,2,11H2,1H3,(H2,20,24)(H,21,25,26). The summed E-state index contributed by atoms with van der Waals surface area (Å²) in [5.41, 5.74) is 3.62. The summed E-state index contributed by atoms with van der Waals surface area (Å²) >= 11 is 0. The zero-order chi connectivity index (χ0) is 20.3. The van der Waals surface area contributed by atoms with Crippen LogP contribution in [0.25, 0.3) is 5.69 Å². The number of primary amides is 1. The average Bonchev–Trinajstić information content (AvgIpc) is 2.67. The van der Waals surface area contributed by atoms with Crippen LogP contribution >= 0.6 is 0 Å². The number of hydrogen-bond acceptors (Lipinski definition) is 5. The molecule has 0 bridgehead atoms. The number of nitrogens with two attached hydrogens (primary N) is 1. The van der Waals surface area contributed by atoms with Gasteiger partial charge in [-0.25, -0.2) is 23.5 Å². The topological polar surface area (TPSA) is 129 Å². The quantitative estimate of drug-likeness (QED) is 0.657. The second kappa shape index (κ2) is 7.78. The number of ether oxygens (including phenoxy) is 1. The summed E-state index contributed by atoms with van der Waals surface area (Å²) in [5, 5.41) is 0. The molecule has 0 unspecified atom stereocenters. The summed E-state index contributed by atoms with van der Waals surface area (Å²) < 4.78 is 7.53. The van der Waals surface area contributed by atoms with Crippen LogP contribution in [0, 0.1) is 0 Å². The van der Waals surface area contributed by atoms with E-state index in [-0.39, 0.29) is 6.54 Å². The van der Waals surface area contributed by atoms with Gasteiger partial charge in [-0.3, -0.25) is 9.78 Å². The molecule has 3 N–H and O–H groups in total. The van der Waals surface area contributed by atoms with Gasteiger partial charge in [-0.2, -0.15) is 0 Å². The Morgan fingerprint density at radius 2 is 1.54 bits per heavy atom. The molecule has 9 heteroatoms. The zero-order valence-corrected chi connectivity index (χ0v) is 15.0. The van der Waals surface area contributed by atoms with Crippen molar-refractivity contribution in [1.82, 2.24) is 14.1 Å². The van der Waals surface area contributed by atoms with Crippen molar-refractivity contribution in [3.8, 4) is 17.2 Å². The molecule has 0 aliphatic rings. The van der Waals surface area contributed by atoms with Crippen molar-refractivity contribution in [3.05, 3.63) is 85.5 Å². The Hall–Kier alpha value is -3.88. The number of nitrogens with one attached hydrogen (secondary N) is 1. The van der Waals surface area contributed by atoms with Crippen molar-refractivity contribution < 1.29 is 9.53 Å². The van der Waals surface area contributed by atoms with E-state index in [1.54, 1.807) is 36.4 Å². The van der Waals surface area contributed by atoms with Crippen LogP contribution in [0.4, 0.5) is 0 Å². The van der Waals surface area contributed by atoms with E-state index in [1.807, 2.05) is 6.92 Å². The Labute approximate surface area is 158 Å². The fourth-order valence-electron chi connectivity index (χ4n) is 2.64. The zero-order valence-electron chi connectivity index (χ0n) is 15.0. The lowest BCUT2D eigenvalue weighted by Gasteiger charge is -2.10. The molecule has 0 fully saturated rings. The second-order valence-corrected chi connectivity index (χ2v) is 5.99. The number of benzene rings is 2. The first-order valence-corrected chi connectivity index (χ1v) is 8.55. The molecule has 1 amide bonds. The Kier molecular flexibility index (Phi) is 5.25. The summed E-state index contributed by atoms with van der Waals surface area (Å²) in [7, 11) is 0. The minimum Gasteiger partial charge on any atom is -0.457 e. The lowest BCUT2D eigenvalue weighted by molar-refractivity contribution is 0.100. The van der Waals surface area contributed by atoms with Crippen molar-refractivity contribution in [2.45, 2.75) is 19.9 Å². The molecule has 0 aliphatic heterocycles. The van der Waals surface area contributed by atoms with E-state index in [0.717, 1.165) is 9.13 Å². The van der Waals surface area contributed by atoms with E-state index in [0.29, 0.717) is 29.2 Å². The van der Waals surface area contributed by atoms with Gasteiger partial charge in [-0.05, 0) is 55.0 Å². The number of carbonyl (C=O) groups is 1. The molecular formula is C19H18N4O5. The normalized spacial score (nSPS) is 10.6. The van der Waals surface area contributed by atoms with E-state index in [2.05, 4.69) is 4.98 Å². The van der Waals surface area contributed by atoms with Crippen LogP contribution in [-0.4, -0.2) is 20.0 Å². The first kappa shape index (κ1) is 18.9. The van der Waals surface area contributed by atoms with Crippen molar-refractivity contribution in [3.63, 3.8) is 0 Å². The van der Waals surface area contributed by atoms with Gasteiger partial charge >= 0.3 is 17.1 Å². The summed E-state index contributed by atoms with van der Waals surface area (Å²) in [6, 6.07) is 12.5. The molecule has 3 aromatic rings. The molecule has 0 spiro atoms. The molecule has 0 saturated carbocycles. The van der Waals surface area contributed by atoms with Gasteiger partial charge in [-0.15, -0.1) is 0 Å². The Bertz CT molecular complexity index is 1170. The molecule has 9 nitrogen and oxygen atoms in total. The third-order valence-electron chi connectivity index (χ3n) is 4.00. The van der Waals surface area contributed by atoms with Crippen LogP contribution < -0.4 is 27.5 Å². The van der Waals surface area contributed by atoms with Gasteiger partial charge in [0.25, 0.3) is 0 Å². The highest BCUT2D eigenvalue weighted by molar-refractivity contribution is 5.92. The van der Waals surface area contributed by atoms with Gasteiger partial charge in [0.2, 0.25) is 5.91 Å². The van der Waals surface area contributed by atoms with Gasteiger partial charge in [0, 0.05) is 12.1 Å². The molecule has 3 rings (SSSR count). The van der Waals surface area contributed by atoms with Gasteiger partial charge in [0.1, 0.15) is 11.5 Å². The predicted molar refractivity (Wildman–Crippen MR) is 102 cm³/mol. The van der Waals surface area contributed by atoms with Crippen LogP contribution in [0.2, 0.25) is 0 Å². The van der Waals surface area contributed by atoms with Crippen LogP contribution in [0.3, 0.4) is 0 Å². The SMILES string of the molecule is CCCn1c(=O)[nH]c(=O)n(-c2ccc(Oc3ccc(C(N)=O)cc3)cc2)c1=O. The molecule has 1 heterocycles. The molecule has 0 radical (unpaired) electrons. The Morgan fingerprint density at radius 1 is 0.964 bits per heavy atom. The lowest BCUT2D eigenvalue weighted by atomic mass is 10.2. The molecule has 0 atom stereocenters. The van der Waals surface area contributed by atoms with Gasteiger partial charge in [0.05, 0.1) is 5.69 Å². The highest BCUT2D eigenvalue weighted by Crippen LogP contribution is 2.22. The maximum absolute atomic E-state index is 12.5. The highest BCUT2D eigenvalue weighted by Gasteiger charge is 2.11. The van der Waals surface area contributed by atoms with E-state index >= 15 is 0 Å². The number of nitrogens with zero attached hydrogens (tertiary/aromatic N) is 2. The van der Waals surface area contributed by atoms with E-state index in [9.17, 15) is 19.2 Å². The number of aromatic nitrogens is 3. The van der Waals surface area contributed by atoms with E-state index < -0.39 is 23.0 Å². The van der Waals surface area contributed by atoms with E-state index in [1.165, 1.54) is 12.1 Å². The minimum absolute atomic E-state index is 0.205. The van der Waals surface area contributed by atoms with Crippen LogP contribution in [-0.2, 0) is 6.54 Å². The van der Waals surface area contributed by atoms with Crippen LogP contribution in [0.5, 0.6) is 11.5 Å². The first-order chi connectivity index (χ1) is 13.4. The van der Waals surface area contributed by atoms with Gasteiger partial charge < -0.3 is 10.5 Å². The van der Waals surface area contributed by atoms with Gasteiger partial charge in [-0.1, -0.05) is 6.92 Å². The Morgan fingerprint density at radius 3 is 2.07 bits per heavy atom. The second-order valence-electron chi connectivity index (χ2n) is 5.99. The maximum Gasteiger partial charge on any atom is 0.340 e. The third kappa shape index (κ3) is 3.78. The monoisotopic (exact) mass is 382 g/mol. The number of H-pyrrole nitrogens is 1. The molecule has 0 aliphatic carbocycles.